The molecule has 0 aromatic heterocycles. The highest BCUT2D eigenvalue weighted by Crippen LogP contribution is 2.21. The first kappa shape index (κ1) is 22.4. The van der Waals surface area contributed by atoms with Gasteiger partial charge in [-0.3, -0.25) is 9.10 Å². The van der Waals surface area contributed by atoms with Crippen molar-refractivity contribution in [3.63, 3.8) is 0 Å². The van der Waals surface area contributed by atoms with E-state index in [0.29, 0.717) is 24.3 Å². The molecule has 3 aromatic rings. The number of anilines is 2. The molecule has 31 heavy (non-hydrogen) atoms. The summed E-state index contributed by atoms with van der Waals surface area (Å²) in [6.07, 6.45) is 1.18. The normalized spacial score (nSPS) is 11.0. The summed E-state index contributed by atoms with van der Waals surface area (Å²) >= 11 is 0. The SMILES string of the molecule is CN(CCNC(=O)c1ccc(N(Cc2ccccc2)S(C)(=O)=O)cc1)c1ccccc1. The van der Waals surface area contributed by atoms with E-state index in [4.69, 9.17) is 0 Å². The average molecular weight is 438 g/mol. The average Bonchev–Trinajstić information content (AvgIpc) is 2.78. The molecule has 0 heterocycles. The summed E-state index contributed by atoms with van der Waals surface area (Å²) in [5.74, 6) is -0.193. The van der Waals surface area contributed by atoms with E-state index in [1.807, 2.05) is 67.7 Å². The Morgan fingerprint density at radius 1 is 0.839 bits per heavy atom. The van der Waals surface area contributed by atoms with Crippen LogP contribution >= 0.6 is 0 Å². The number of carbonyl (C=O) groups is 1. The zero-order chi connectivity index (χ0) is 22.3. The Hall–Kier alpha value is -3.32. The highest BCUT2D eigenvalue weighted by Gasteiger charge is 2.18. The largest absolute Gasteiger partial charge is 0.373 e. The number of nitrogens with zero attached hydrogens (tertiary/aromatic N) is 2. The minimum atomic E-state index is -3.47. The topological polar surface area (TPSA) is 69.7 Å². The molecule has 0 aliphatic carbocycles. The van der Waals surface area contributed by atoms with Gasteiger partial charge >= 0.3 is 0 Å². The molecule has 0 radical (unpaired) electrons. The summed E-state index contributed by atoms with van der Waals surface area (Å²) in [5.41, 5.74) is 2.98. The Morgan fingerprint density at radius 2 is 1.42 bits per heavy atom. The minimum absolute atomic E-state index is 0.193. The molecule has 6 nitrogen and oxygen atoms in total. The number of para-hydroxylation sites is 1. The molecule has 0 unspecified atom stereocenters. The molecule has 0 saturated heterocycles. The van der Waals surface area contributed by atoms with Gasteiger partial charge in [0.15, 0.2) is 0 Å². The van der Waals surface area contributed by atoms with Crippen molar-refractivity contribution in [2.24, 2.45) is 0 Å². The zero-order valence-electron chi connectivity index (χ0n) is 17.7. The highest BCUT2D eigenvalue weighted by atomic mass is 32.2. The summed E-state index contributed by atoms with van der Waals surface area (Å²) in [6, 6.07) is 26.0. The molecule has 0 aliphatic rings. The van der Waals surface area contributed by atoms with Gasteiger partial charge in [0, 0.05) is 31.4 Å². The van der Waals surface area contributed by atoms with Crippen LogP contribution in [-0.2, 0) is 16.6 Å². The first-order valence-electron chi connectivity index (χ1n) is 10.0. The first-order chi connectivity index (χ1) is 14.8. The van der Waals surface area contributed by atoms with Gasteiger partial charge in [0.05, 0.1) is 18.5 Å². The predicted molar refractivity (Wildman–Crippen MR) is 126 cm³/mol. The fourth-order valence-corrected chi connectivity index (χ4v) is 4.07. The van der Waals surface area contributed by atoms with E-state index in [0.717, 1.165) is 11.3 Å². The second-order valence-corrected chi connectivity index (χ2v) is 9.22. The number of hydrogen-bond acceptors (Lipinski definition) is 4. The summed E-state index contributed by atoms with van der Waals surface area (Å²) in [5, 5.41) is 2.91. The third-order valence-electron chi connectivity index (χ3n) is 4.92. The third-order valence-corrected chi connectivity index (χ3v) is 6.06. The van der Waals surface area contributed by atoms with E-state index in [-0.39, 0.29) is 12.5 Å². The number of amides is 1. The maximum atomic E-state index is 12.5. The molecule has 0 fully saturated rings. The molecule has 7 heteroatoms. The molecule has 1 N–H and O–H groups in total. The van der Waals surface area contributed by atoms with Gasteiger partial charge in [0.1, 0.15) is 0 Å². The number of hydrogen-bond donors (Lipinski definition) is 1. The van der Waals surface area contributed by atoms with Crippen molar-refractivity contribution in [3.05, 3.63) is 96.1 Å². The number of rotatable bonds is 9. The summed E-state index contributed by atoms with van der Waals surface area (Å²) in [6.45, 7) is 1.40. The van der Waals surface area contributed by atoms with Gasteiger partial charge in [-0.25, -0.2) is 8.42 Å². The fraction of sp³-hybridized carbons (Fsp3) is 0.208. The molecule has 0 saturated carbocycles. The van der Waals surface area contributed by atoms with E-state index < -0.39 is 10.0 Å². The van der Waals surface area contributed by atoms with E-state index in [9.17, 15) is 13.2 Å². The molecule has 162 valence electrons. The van der Waals surface area contributed by atoms with Crippen LogP contribution in [0.4, 0.5) is 11.4 Å². The molecule has 0 atom stereocenters. The smallest absolute Gasteiger partial charge is 0.251 e. The van der Waals surface area contributed by atoms with E-state index in [1.165, 1.54) is 10.6 Å². The quantitative estimate of drug-likeness (QED) is 0.556. The van der Waals surface area contributed by atoms with Crippen molar-refractivity contribution < 1.29 is 13.2 Å². The van der Waals surface area contributed by atoms with Crippen molar-refractivity contribution in [3.8, 4) is 0 Å². The van der Waals surface area contributed by atoms with Crippen molar-refractivity contribution >= 4 is 27.3 Å². The monoisotopic (exact) mass is 437 g/mol. The van der Waals surface area contributed by atoms with Crippen molar-refractivity contribution in [1.29, 1.82) is 0 Å². The maximum Gasteiger partial charge on any atom is 0.251 e. The number of benzene rings is 3. The summed E-state index contributed by atoms with van der Waals surface area (Å²) in [4.78, 5) is 14.5. The molecule has 0 spiro atoms. The summed E-state index contributed by atoms with van der Waals surface area (Å²) in [7, 11) is -1.50. The molecule has 0 bridgehead atoms. The van der Waals surface area contributed by atoms with Gasteiger partial charge in [-0.05, 0) is 42.0 Å². The standard InChI is InChI=1S/C24H27N3O3S/c1-26(22-11-7-4-8-12-22)18-17-25-24(28)21-13-15-23(16-14-21)27(31(2,29)30)19-20-9-5-3-6-10-20/h3-16H,17-19H2,1-2H3,(H,25,28). The Labute approximate surface area is 184 Å². The van der Waals surface area contributed by atoms with E-state index in [1.54, 1.807) is 24.3 Å². The molecule has 1 amide bonds. The van der Waals surface area contributed by atoms with Crippen LogP contribution in [0.2, 0.25) is 0 Å². The number of carbonyl (C=O) groups excluding carboxylic acids is 1. The Bertz CT molecular complexity index is 1090. The van der Waals surface area contributed by atoms with Crippen LogP contribution in [0.25, 0.3) is 0 Å². The Balaban J connectivity index is 1.61. The van der Waals surface area contributed by atoms with Gasteiger partial charge in [-0.1, -0.05) is 48.5 Å². The molecule has 3 aromatic carbocycles. The van der Waals surface area contributed by atoms with Crippen molar-refractivity contribution in [2.45, 2.75) is 6.54 Å². The number of likely N-dealkylation sites (N-methyl/N-ethyl adjacent to an activating group) is 1. The molecular formula is C24H27N3O3S. The van der Waals surface area contributed by atoms with Crippen LogP contribution in [0.5, 0.6) is 0 Å². The molecule has 3 rings (SSSR count). The van der Waals surface area contributed by atoms with Crippen LogP contribution in [-0.4, -0.2) is 40.7 Å². The third kappa shape index (κ3) is 6.33. The van der Waals surface area contributed by atoms with E-state index in [2.05, 4.69) is 10.2 Å². The number of nitrogens with one attached hydrogen (secondary N) is 1. The van der Waals surface area contributed by atoms with Crippen LogP contribution < -0.4 is 14.5 Å². The summed E-state index contributed by atoms with van der Waals surface area (Å²) < 4.78 is 26.0. The van der Waals surface area contributed by atoms with Crippen LogP contribution in [0.1, 0.15) is 15.9 Å². The lowest BCUT2D eigenvalue weighted by atomic mass is 10.1. The van der Waals surface area contributed by atoms with Gasteiger partial charge in [0.2, 0.25) is 10.0 Å². The van der Waals surface area contributed by atoms with Gasteiger partial charge in [-0.15, -0.1) is 0 Å². The van der Waals surface area contributed by atoms with Gasteiger partial charge in [0.25, 0.3) is 5.91 Å². The minimum Gasteiger partial charge on any atom is -0.373 e. The van der Waals surface area contributed by atoms with Crippen molar-refractivity contribution in [1.82, 2.24) is 5.32 Å². The molecule has 0 aliphatic heterocycles. The predicted octanol–water partition coefficient (Wildman–Crippen LogP) is 3.52. The molecular weight excluding hydrogens is 410 g/mol. The lowest BCUT2D eigenvalue weighted by Crippen LogP contribution is -2.33. The second-order valence-electron chi connectivity index (χ2n) is 7.32. The number of sulfonamides is 1. The second kappa shape index (κ2) is 10.1. The fourth-order valence-electron chi connectivity index (χ4n) is 3.18. The lowest BCUT2D eigenvalue weighted by molar-refractivity contribution is 0.0954. The van der Waals surface area contributed by atoms with Gasteiger partial charge in [-0.2, -0.15) is 0 Å². The van der Waals surface area contributed by atoms with Crippen LogP contribution in [0, 0.1) is 0 Å². The van der Waals surface area contributed by atoms with E-state index >= 15 is 0 Å². The first-order valence-corrected chi connectivity index (χ1v) is 11.9. The lowest BCUT2D eigenvalue weighted by Gasteiger charge is -2.23. The van der Waals surface area contributed by atoms with Crippen LogP contribution in [0.3, 0.4) is 0 Å². The van der Waals surface area contributed by atoms with Crippen LogP contribution in [0.15, 0.2) is 84.9 Å². The van der Waals surface area contributed by atoms with Gasteiger partial charge < -0.3 is 10.2 Å². The Kier molecular flexibility index (Phi) is 7.31. The highest BCUT2D eigenvalue weighted by molar-refractivity contribution is 7.92. The zero-order valence-corrected chi connectivity index (χ0v) is 18.5. The van der Waals surface area contributed by atoms with Crippen molar-refractivity contribution in [2.75, 3.05) is 35.6 Å². The Morgan fingerprint density at radius 3 is 2.00 bits per heavy atom. The maximum absolute atomic E-state index is 12.5.